The molecule has 0 aromatic heterocycles. The van der Waals surface area contributed by atoms with Crippen LogP contribution >= 0.6 is 50.7 Å². The van der Waals surface area contributed by atoms with Crippen molar-refractivity contribution in [3.63, 3.8) is 0 Å². The first-order valence-corrected chi connectivity index (χ1v) is 6.95. The average Bonchev–Trinajstić information content (AvgIpc) is 2.33. The second kappa shape index (κ2) is 6.09. The van der Waals surface area contributed by atoms with Gasteiger partial charge in [0.05, 0.1) is 10.0 Å². The normalized spacial score (nSPS) is 11.2. The SMILES string of the molecule is Oc1c(Cl)cc(Br)cc1N=Nc1ccc(Cl)cc1Cl. The average molecular weight is 380 g/mol. The number of benzene rings is 2. The van der Waals surface area contributed by atoms with Gasteiger partial charge in [-0.3, -0.25) is 0 Å². The van der Waals surface area contributed by atoms with Crippen LogP contribution in [0.5, 0.6) is 5.75 Å². The van der Waals surface area contributed by atoms with Gasteiger partial charge >= 0.3 is 0 Å². The fourth-order valence-electron chi connectivity index (χ4n) is 1.30. The van der Waals surface area contributed by atoms with Gasteiger partial charge in [0.25, 0.3) is 0 Å². The van der Waals surface area contributed by atoms with E-state index in [4.69, 9.17) is 34.8 Å². The number of aromatic hydroxyl groups is 1. The van der Waals surface area contributed by atoms with E-state index in [1.54, 1.807) is 30.3 Å². The molecular formula is C12H6BrCl3N2O. The summed E-state index contributed by atoms with van der Waals surface area (Å²) in [6, 6.07) is 7.99. The van der Waals surface area contributed by atoms with Gasteiger partial charge < -0.3 is 5.11 Å². The monoisotopic (exact) mass is 378 g/mol. The maximum atomic E-state index is 9.75. The van der Waals surface area contributed by atoms with Gasteiger partial charge in [0.1, 0.15) is 11.4 Å². The highest BCUT2D eigenvalue weighted by molar-refractivity contribution is 9.10. The highest BCUT2D eigenvalue weighted by Gasteiger charge is 2.07. The largest absolute Gasteiger partial charge is 0.504 e. The third-order valence-electron chi connectivity index (χ3n) is 2.18. The van der Waals surface area contributed by atoms with Crippen molar-refractivity contribution in [2.24, 2.45) is 10.2 Å². The molecule has 0 unspecified atom stereocenters. The van der Waals surface area contributed by atoms with Crippen molar-refractivity contribution in [1.82, 2.24) is 0 Å². The topological polar surface area (TPSA) is 45.0 Å². The third-order valence-corrected chi connectivity index (χ3v) is 3.47. The van der Waals surface area contributed by atoms with Crippen LogP contribution in [0, 0.1) is 0 Å². The van der Waals surface area contributed by atoms with Crippen LogP contribution in [0.2, 0.25) is 15.1 Å². The molecule has 1 N–H and O–H groups in total. The number of hydrogen-bond acceptors (Lipinski definition) is 3. The molecule has 0 aliphatic heterocycles. The highest BCUT2D eigenvalue weighted by atomic mass is 79.9. The van der Waals surface area contributed by atoms with Crippen LogP contribution in [0.15, 0.2) is 45.0 Å². The lowest BCUT2D eigenvalue weighted by molar-refractivity contribution is 0.476. The molecular weight excluding hydrogens is 374 g/mol. The van der Waals surface area contributed by atoms with Gasteiger partial charge in [0, 0.05) is 9.50 Å². The molecule has 0 radical (unpaired) electrons. The fraction of sp³-hybridized carbons (Fsp3) is 0. The molecule has 0 aliphatic rings. The Morgan fingerprint density at radius 3 is 2.26 bits per heavy atom. The Kier molecular flexibility index (Phi) is 4.68. The molecule has 0 atom stereocenters. The highest BCUT2D eigenvalue weighted by Crippen LogP contribution is 2.38. The summed E-state index contributed by atoms with van der Waals surface area (Å²) in [7, 11) is 0. The summed E-state index contributed by atoms with van der Waals surface area (Å²) in [4.78, 5) is 0. The predicted octanol–water partition coefficient (Wildman–Crippen LogP) is 6.53. The maximum absolute atomic E-state index is 9.75. The van der Waals surface area contributed by atoms with E-state index in [-0.39, 0.29) is 16.5 Å². The Bertz CT molecular complexity index is 662. The van der Waals surface area contributed by atoms with Crippen molar-refractivity contribution in [2.45, 2.75) is 0 Å². The zero-order chi connectivity index (χ0) is 14.0. The summed E-state index contributed by atoms with van der Waals surface area (Å²) in [5.74, 6) is -0.140. The third kappa shape index (κ3) is 3.60. The van der Waals surface area contributed by atoms with E-state index < -0.39 is 0 Å². The Labute approximate surface area is 133 Å². The molecule has 0 saturated heterocycles. The molecule has 0 spiro atoms. The number of phenols is 1. The van der Waals surface area contributed by atoms with Crippen LogP contribution in [0.1, 0.15) is 0 Å². The van der Waals surface area contributed by atoms with Crippen molar-refractivity contribution in [2.75, 3.05) is 0 Å². The van der Waals surface area contributed by atoms with E-state index in [1.165, 1.54) is 0 Å². The number of rotatable bonds is 2. The van der Waals surface area contributed by atoms with Gasteiger partial charge in [-0.05, 0) is 30.3 Å². The zero-order valence-corrected chi connectivity index (χ0v) is 13.1. The Morgan fingerprint density at radius 2 is 1.58 bits per heavy atom. The van der Waals surface area contributed by atoms with Crippen LogP contribution < -0.4 is 0 Å². The molecule has 19 heavy (non-hydrogen) atoms. The summed E-state index contributed by atoms with van der Waals surface area (Å²) in [5, 5.41) is 18.7. The Hall–Kier alpha value is -0.810. The first kappa shape index (κ1) is 14.6. The van der Waals surface area contributed by atoms with E-state index in [1.807, 2.05) is 0 Å². The lowest BCUT2D eigenvalue weighted by Gasteiger charge is -2.02. The Morgan fingerprint density at radius 1 is 0.895 bits per heavy atom. The van der Waals surface area contributed by atoms with E-state index in [2.05, 4.69) is 26.2 Å². The van der Waals surface area contributed by atoms with Crippen LogP contribution in [0.3, 0.4) is 0 Å². The van der Waals surface area contributed by atoms with Gasteiger partial charge in [0.15, 0.2) is 5.75 Å². The summed E-state index contributed by atoms with van der Waals surface area (Å²) < 4.78 is 0.687. The maximum Gasteiger partial charge on any atom is 0.161 e. The van der Waals surface area contributed by atoms with Gasteiger partial charge in [0.2, 0.25) is 0 Å². The van der Waals surface area contributed by atoms with Crippen molar-refractivity contribution >= 4 is 62.1 Å². The number of halogens is 4. The molecule has 2 aromatic carbocycles. The fourth-order valence-corrected chi connectivity index (χ4v) is 2.54. The van der Waals surface area contributed by atoms with Gasteiger partial charge in [-0.25, -0.2) is 0 Å². The molecule has 2 aromatic rings. The molecule has 0 aliphatic carbocycles. The number of phenolic OH excluding ortho intramolecular Hbond substituents is 1. The quantitative estimate of drug-likeness (QED) is 0.592. The van der Waals surface area contributed by atoms with Crippen LogP contribution in [-0.2, 0) is 0 Å². The van der Waals surface area contributed by atoms with Crippen LogP contribution in [0.4, 0.5) is 11.4 Å². The molecule has 0 amide bonds. The van der Waals surface area contributed by atoms with Crippen molar-refractivity contribution in [1.29, 1.82) is 0 Å². The van der Waals surface area contributed by atoms with Crippen molar-refractivity contribution in [3.8, 4) is 5.75 Å². The standard InChI is InChI=1S/C12H6BrCl3N2O/c13-6-3-9(16)12(19)11(4-6)18-17-10-2-1-7(14)5-8(10)15/h1-5,19H. The molecule has 0 fully saturated rings. The van der Waals surface area contributed by atoms with Gasteiger partial charge in [-0.2, -0.15) is 0 Å². The molecule has 0 heterocycles. The predicted molar refractivity (Wildman–Crippen MR) is 81.5 cm³/mol. The smallest absolute Gasteiger partial charge is 0.161 e. The second-order valence-corrected chi connectivity index (χ2v) is 5.72. The minimum absolute atomic E-state index is 0.140. The summed E-state index contributed by atoms with van der Waals surface area (Å²) >= 11 is 20.8. The molecule has 7 heteroatoms. The minimum Gasteiger partial charge on any atom is -0.504 e. The van der Waals surface area contributed by atoms with E-state index in [9.17, 15) is 5.11 Å². The minimum atomic E-state index is -0.140. The van der Waals surface area contributed by atoms with Crippen molar-refractivity contribution in [3.05, 3.63) is 49.9 Å². The van der Waals surface area contributed by atoms with Gasteiger partial charge in [-0.1, -0.05) is 50.7 Å². The van der Waals surface area contributed by atoms with Crippen molar-refractivity contribution < 1.29 is 5.11 Å². The number of azo groups is 1. The Balaban J connectivity index is 2.38. The molecule has 98 valence electrons. The first-order chi connectivity index (χ1) is 8.97. The number of nitrogens with zero attached hydrogens (tertiary/aromatic N) is 2. The van der Waals surface area contributed by atoms with Gasteiger partial charge in [-0.15, -0.1) is 10.2 Å². The molecule has 0 saturated carbocycles. The summed E-state index contributed by atoms with van der Waals surface area (Å²) in [6.07, 6.45) is 0. The van der Waals surface area contributed by atoms with E-state index in [0.29, 0.717) is 20.2 Å². The van der Waals surface area contributed by atoms with Crippen LogP contribution in [-0.4, -0.2) is 5.11 Å². The first-order valence-electron chi connectivity index (χ1n) is 5.02. The molecule has 0 bridgehead atoms. The molecule has 2 rings (SSSR count). The zero-order valence-electron chi connectivity index (χ0n) is 9.24. The van der Waals surface area contributed by atoms with Crippen LogP contribution in [0.25, 0.3) is 0 Å². The second-order valence-electron chi connectivity index (χ2n) is 3.55. The van der Waals surface area contributed by atoms with E-state index >= 15 is 0 Å². The van der Waals surface area contributed by atoms with E-state index in [0.717, 1.165) is 0 Å². The number of hydrogen-bond donors (Lipinski definition) is 1. The summed E-state index contributed by atoms with van der Waals surface area (Å²) in [5.41, 5.74) is 0.687. The summed E-state index contributed by atoms with van der Waals surface area (Å²) in [6.45, 7) is 0. The molecule has 3 nitrogen and oxygen atoms in total. The lowest BCUT2D eigenvalue weighted by Crippen LogP contribution is -1.73. The lowest BCUT2D eigenvalue weighted by atomic mass is 10.3.